The van der Waals surface area contributed by atoms with Gasteiger partial charge in [-0.25, -0.2) is 13.1 Å². The van der Waals surface area contributed by atoms with Crippen molar-refractivity contribution >= 4 is 21.7 Å². The standard InChI is InChI=1S/C14H22N2O4S/c1-4-16-21(19,20)12-7-5-11(6-8-12)15-9-13(10(2)3)14(17)18/h5-8,10,13,15-16H,4,9H2,1-3H3,(H,17,18). The number of hydrogen-bond acceptors (Lipinski definition) is 4. The van der Waals surface area contributed by atoms with E-state index < -0.39 is 21.9 Å². The Kier molecular flexibility index (Phi) is 6.17. The molecule has 0 fully saturated rings. The Bertz CT molecular complexity index is 567. The first-order chi connectivity index (χ1) is 9.77. The van der Waals surface area contributed by atoms with Crippen molar-refractivity contribution in [3.05, 3.63) is 24.3 Å². The van der Waals surface area contributed by atoms with Crippen LogP contribution in [0.15, 0.2) is 29.2 Å². The summed E-state index contributed by atoms with van der Waals surface area (Å²) in [6.45, 7) is 6.05. The van der Waals surface area contributed by atoms with Gasteiger partial charge in [0.2, 0.25) is 10.0 Å². The van der Waals surface area contributed by atoms with Crippen LogP contribution in [0.25, 0.3) is 0 Å². The van der Waals surface area contributed by atoms with Crippen molar-refractivity contribution < 1.29 is 18.3 Å². The molecule has 1 aromatic carbocycles. The van der Waals surface area contributed by atoms with Gasteiger partial charge in [0.15, 0.2) is 0 Å². The van der Waals surface area contributed by atoms with Gasteiger partial charge in [-0.2, -0.15) is 0 Å². The summed E-state index contributed by atoms with van der Waals surface area (Å²) < 4.78 is 26.0. The summed E-state index contributed by atoms with van der Waals surface area (Å²) in [4.78, 5) is 11.3. The lowest BCUT2D eigenvalue weighted by atomic mass is 9.96. The molecule has 0 bridgehead atoms. The lowest BCUT2D eigenvalue weighted by molar-refractivity contribution is -0.142. The quantitative estimate of drug-likeness (QED) is 0.679. The Hall–Kier alpha value is -1.60. The van der Waals surface area contributed by atoms with E-state index in [1.807, 2.05) is 13.8 Å². The van der Waals surface area contributed by atoms with Gasteiger partial charge in [-0.05, 0) is 30.2 Å². The summed E-state index contributed by atoms with van der Waals surface area (Å²) >= 11 is 0. The molecular formula is C14H22N2O4S. The zero-order chi connectivity index (χ0) is 16.0. The number of anilines is 1. The number of rotatable bonds is 8. The fourth-order valence-electron chi connectivity index (χ4n) is 1.86. The molecule has 1 unspecified atom stereocenters. The molecule has 21 heavy (non-hydrogen) atoms. The average Bonchev–Trinajstić information content (AvgIpc) is 2.38. The van der Waals surface area contributed by atoms with E-state index in [9.17, 15) is 13.2 Å². The smallest absolute Gasteiger partial charge is 0.308 e. The third-order valence-electron chi connectivity index (χ3n) is 3.15. The molecule has 0 aliphatic carbocycles. The fraction of sp³-hybridized carbons (Fsp3) is 0.500. The molecule has 0 saturated carbocycles. The molecule has 1 aromatic rings. The monoisotopic (exact) mass is 314 g/mol. The molecule has 7 heteroatoms. The minimum Gasteiger partial charge on any atom is -0.481 e. The molecule has 6 nitrogen and oxygen atoms in total. The first-order valence-electron chi connectivity index (χ1n) is 6.84. The molecule has 3 N–H and O–H groups in total. The van der Waals surface area contributed by atoms with Crippen molar-refractivity contribution in [2.24, 2.45) is 11.8 Å². The van der Waals surface area contributed by atoms with E-state index in [-0.39, 0.29) is 10.8 Å². The molecule has 1 atom stereocenters. The zero-order valence-corrected chi connectivity index (χ0v) is 13.3. The van der Waals surface area contributed by atoms with Crippen molar-refractivity contribution in [1.29, 1.82) is 0 Å². The number of carboxylic acids is 1. The van der Waals surface area contributed by atoms with Crippen LogP contribution in [0.3, 0.4) is 0 Å². The van der Waals surface area contributed by atoms with Gasteiger partial charge in [0, 0.05) is 18.8 Å². The molecule has 0 aliphatic heterocycles. The Labute approximate surface area is 125 Å². The maximum atomic E-state index is 11.8. The molecule has 0 aliphatic rings. The van der Waals surface area contributed by atoms with Crippen LogP contribution in [0.1, 0.15) is 20.8 Å². The Balaban J connectivity index is 2.73. The second-order valence-electron chi connectivity index (χ2n) is 5.10. The van der Waals surface area contributed by atoms with E-state index in [0.717, 1.165) is 0 Å². The van der Waals surface area contributed by atoms with Crippen LogP contribution < -0.4 is 10.0 Å². The molecule has 0 spiro atoms. The van der Waals surface area contributed by atoms with E-state index in [2.05, 4.69) is 10.0 Å². The molecule has 118 valence electrons. The van der Waals surface area contributed by atoms with Crippen LogP contribution in [0.2, 0.25) is 0 Å². The Morgan fingerprint density at radius 2 is 1.81 bits per heavy atom. The summed E-state index contributed by atoms with van der Waals surface area (Å²) in [6, 6.07) is 6.24. The van der Waals surface area contributed by atoms with Crippen molar-refractivity contribution in [2.75, 3.05) is 18.4 Å². The van der Waals surface area contributed by atoms with E-state index >= 15 is 0 Å². The number of aliphatic carboxylic acids is 1. The van der Waals surface area contributed by atoms with Crippen molar-refractivity contribution in [3.63, 3.8) is 0 Å². The summed E-state index contributed by atoms with van der Waals surface area (Å²) in [5.74, 6) is -1.32. The maximum absolute atomic E-state index is 11.8. The van der Waals surface area contributed by atoms with Crippen LogP contribution in [-0.2, 0) is 14.8 Å². The second kappa shape index (κ2) is 7.42. The number of hydrogen-bond donors (Lipinski definition) is 3. The SMILES string of the molecule is CCNS(=O)(=O)c1ccc(NCC(C(=O)O)C(C)C)cc1. The van der Waals surface area contributed by atoms with Crippen LogP contribution >= 0.6 is 0 Å². The van der Waals surface area contributed by atoms with Gasteiger partial charge in [0.25, 0.3) is 0 Å². The summed E-state index contributed by atoms with van der Waals surface area (Å²) in [5.41, 5.74) is 0.692. The van der Waals surface area contributed by atoms with Crippen LogP contribution in [-0.4, -0.2) is 32.6 Å². The van der Waals surface area contributed by atoms with E-state index in [1.165, 1.54) is 12.1 Å². The minimum atomic E-state index is -3.46. The van der Waals surface area contributed by atoms with Gasteiger partial charge < -0.3 is 10.4 Å². The number of carbonyl (C=O) groups is 1. The number of carboxylic acid groups (broad SMARTS) is 1. The average molecular weight is 314 g/mol. The molecule has 0 radical (unpaired) electrons. The van der Waals surface area contributed by atoms with Crippen molar-refractivity contribution in [2.45, 2.75) is 25.7 Å². The summed E-state index contributed by atoms with van der Waals surface area (Å²) in [5, 5.41) is 12.1. The number of sulfonamides is 1. The molecule has 0 amide bonds. The summed E-state index contributed by atoms with van der Waals surface area (Å²) in [7, 11) is -3.46. The van der Waals surface area contributed by atoms with Gasteiger partial charge >= 0.3 is 5.97 Å². The van der Waals surface area contributed by atoms with Crippen molar-refractivity contribution in [1.82, 2.24) is 4.72 Å². The first-order valence-corrected chi connectivity index (χ1v) is 8.32. The predicted molar refractivity (Wildman–Crippen MR) is 81.8 cm³/mol. The van der Waals surface area contributed by atoms with Crippen LogP contribution in [0, 0.1) is 11.8 Å². The van der Waals surface area contributed by atoms with E-state index in [4.69, 9.17) is 5.11 Å². The zero-order valence-electron chi connectivity index (χ0n) is 12.5. The van der Waals surface area contributed by atoms with Crippen LogP contribution in [0.5, 0.6) is 0 Å². The van der Waals surface area contributed by atoms with Crippen LogP contribution in [0.4, 0.5) is 5.69 Å². The molecule has 0 saturated heterocycles. The third-order valence-corrected chi connectivity index (χ3v) is 4.71. The normalized spacial score (nSPS) is 13.1. The Morgan fingerprint density at radius 3 is 2.24 bits per heavy atom. The van der Waals surface area contributed by atoms with Gasteiger partial charge in [-0.3, -0.25) is 4.79 Å². The Morgan fingerprint density at radius 1 is 1.24 bits per heavy atom. The molecular weight excluding hydrogens is 292 g/mol. The largest absolute Gasteiger partial charge is 0.481 e. The first kappa shape index (κ1) is 17.5. The van der Waals surface area contributed by atoms with Gasteiger partial charge in [0.1, 0.15) is 0 Å². The molecule has 1 rings (SSSR count). The van der Waals surface area contributed by atoms with Crippen molar-refractivity contribution in [3.8, 4) is 0 Å². The topological polar surface area (TPSA) is 95.5 Å². The minimum absolute atomic E-state index is 0.0170. The highest BCUT2D eigenvalue weighted by atomic mass is 32.2. The van der Waals surface area contributed by atoms with Gasteiger partial charge in [0.05, 0.1) is 10.8 Å². The highest BCUT2D eigenvalue weighted by Gasteiger charge is 2.21. The van der Waals surface area contributed by atoms with E-state index in [0.29, 0.717) is 18.8 Å². The maximum Gasteiger partial charge on any atom is 0.308 e. The second-order valence-corrected chi connectivity index (χ2v) is 6.86. The predicted octanol–water partition coefficient (Wildman–Crippen LogP) is 1.75. The molecule has 0 aromatic heterocycles. The number of nitrogens with one attached hydrogen (secondary N) is 2. The highest BCUT2D eigenvalue weighted by molar-refractivity contribution is 7.89. The third kappa shape index (κ3) is 5.02. The van der Waals surface area contributed by atoms with Gasteiger partial charge in [-0.1, -0.05) is 20.8 Å². The molecule has 0 heterocycles. The lowest BCUT2D eigenvalue weighted by Crippen LogP contribution is -2.27. The number of benzene rings is 1. The lowest BCUT2D eigenvalue weighted by Gasteiger charge is -2.17. The van der Waals surface area contributed by atoms with Gasteiger partial charge in [-0.15, -0.1) is 0 Å². The highest BCUT2D eigenvalue weighted by Crippen LogP contribution is 2.16. The van der Waals surface area contributed by atoms with E-state index in [1.54, 1.807) is 19.1 Å². The summed E-state index contributed by atoms with van der Waals surface area (Å²) in [6.07, 6.45) is 0. The fourth-order valence-corrected chi connectivity index (χ4v) is 2.90.